The first-order valence-corrected chi connectivity index (χ1v) is 2.38. The van der Waals surface area contributed by atoms with Crippen LogP contribution in [0.3, 0.4) is 0 Å². The molecule has 0 aromatic carbocycles. The monoisotopic (exact) mass is 108 g/mol. The summed E-state index contributed by atoms with van der Waals surface area (Å²) in [7, 11) is 0. The number of nitrogens with zero attached hydrogens (tertiary/aromatic N) is 1. The Morgan fingerprint density at radius 2 is 2.38 bits per heavy atom. The van der Waals surface area contributed by atoms with Gasteiger partial charge >= 0.3 is 0 Å². The maximum Gasteiger partial charge on any atom is 0.184 e. The Balaban J connectivity index is 3.13. The van der Waals surface area contributed by atoms with E-state index in [0.29, 0.717) is 5.56 Å². The molecule has 0 bridgehead atoms. The standard InChI is InChI=1S/C6H6NO/c1-5-4-7-3-2-6(5)8/h2-4H,1H3. The van der Waals surface area contributed by atoms with Crippen LogP contribution in [-0.4, -0.2) is 4.98 Å². The molecule has 0 aliphatic carbocycles. The average Bonchev–Trinajstić information content (AvgIpc) is 1.77. The molecule has 41 valence electrons. The van der Waals surface area contributed by atoms with Crippen molar-refractivity contribution in [2.75, 3.05) is 0 Å². The van der Waals surface area contributed by atoms with Crippen LogP contribution in [0.5, 0.6) is 5.75 Å². The number of aromatic nitrogens is 1. The molecule has 1 rings (SSSR count). The van der Waals surface area contributed by atoms with Gasteiger partial charge < -0.3 is 0 Å². The lowest BCUT2D eigenvalue weighted by Crippen LogP contribution is -1.72. The number of hydrogen-bond acceptors (Lipinski definition) is 1. The molecule has 2 heteroatoms. The van der Waals surface area contributed by atoms with Gasteiger partial charge in [0.1, 0.15) is 0 Å². The Kier molecular flexibility index (Phi) is 1.16. The first-order valence-electron chi connectivity index (χ1n) is 2.38. The third kappa shape index (κ3) is 0.780. The molecule has 1 heterocycles. The van der Waals surface area contributed by atoms with E-state index in [0.717, 1.165) is 0 Å². The molecule has 0 amide bonds. The van der Waals surface area contributed by atoms with Crippen LogP contribution in [0.1, 0.15) is 5.56 Å². The maximum absolute atomic E-state index is 10.6. The van der Waals surface area contributed by atoms with Gasteiger partial charge in [0.05, 0.1) is 0 Å². The molecule has 0 aliphatic rings. The molecule has 0 spiro atoms. The van der Waals surface area contributed by atoms with E-state index in [4.69, 9.17) is 0 Å². The highest BCUT2D eigenvalue weighted by Crippen LogP contribution is 2.11. The summed E-state index contributed by atoms with van der Waals surface area (Å²) in [6.45, 7) is 1.75. The van der Waals surface area contributed by atoms with Crippen LogP contribution in [0.15, 0.2) is 18.5 Å². The smallest absolute Gasteiger partial charge is 0.184 e. The van der Waals surface area contributed by atoms with Gasteiger partial charge in [-0.3, -0.25) is 10.1 Å². The van der Waals surface area contributed by atoms with Crippen molar-refractivity contribution >= 4 is 0 Å². The molecular weight excluding hydrogens is 102 g/mol. The highest BCUT2D eigenvalue weighted by atomic mass is 16.3. The molecule has 0 unspecified atom stereocenters. The molecule has 0 N–H and O–H groups in total. The molecule has 1 aromatic heterocycles. The molecule has 8 heavy (non-hydrogen) atoms. The minimum absolute atomic E-state index is 0.0556. The Hall–Kier alpha value is -1.05. The lowest BCUT2D eigenvalue weighted by Gasteiger charge is -1.87. The zero-order valence-corrected chi connectivity index (χ0v) is 4.59. The zero-order chi connectivity index (χ0) is 5.98. The van der Waals surface area contributed by atoms with Crippen LogP contribution in [-0.2, 0) is 5.11 Å². The zero-order valence-electron chi connectivity index (χ0n) is 4.59. The average molecular weight is 108 g/mol. The summed E-state index contributed by atoms with van der Waals surface area (Å²) < 4.78 is 0. The number of pyridine rings is 1. The van der Waals surface area contributed by atoms with Gasteiger partial charge in [-0.25, -0.2) is 0 Å². The summed E-state index contributed by atoms with van der Waals surface area (Å²) in [6, 6.07) is 1.45. The summed E-state index contributed by atoms with van der Waals surface area (Å²) in [5.74, 6) is 0.0556. The fraction of sp³-hybridized carbons (Fsp3) is 0.167. The van der Waals surface area contributed by atoms with E-state index >= 15 is 0 Å². The largest absolute Gasteiger partial charge is 0.290 e. The first-order chi connectivity index (χ1) is 3.80. The van der Waals surface area contributed by atoms with Gasteiger partial charge in [0.25, 0.3) is 0 Å². The van der Waals surface area contributed by atoms with Crippen molar-refractivity contribution in [3.63, 3.8) is 0 Å². The molecule has 0 fully saturated rings. The topological polar surface area (TPSA) is 32.8 Å². The summed E-state index contributed by atoms with van der Waals surface area (Å²) in [5.41, 5.74) is 0.701. The molecule has 0 saturated carbocycles. The van der Waals surface area contributed by atoms with Crippen LogP contribution in [0.4, 0.5) is 0 Å². The molecule has 2 nitrogen and oxygen atoms in total. The van der Waals surface area contributed by atoms with Gasteiger partial charge in [-0.15, -0.1) is 0 Å². The molecule has 1 aromatic rings. The van der Waals surface area contributed by atoms with Crippen molar-refractivity contribution < 1.29 is 5.11 Å². The minimum Gasteiger partial charge on any atom is -0.290 e. The van der Waals surface area contributed by atoms with E-state index in [-0.39, 0.29) is 5.75 Å². The summed E-state index contributed by atoms with van der Waals surface area (Å²) >= 11 is 0. The Bertz CT molecular complexity index is 165. The highest BCUT2D eigenvalue weighted by Gasteiger charge is 1.91. The van der Waals surface area contributed by atoms with Gasteiger partial charge in [0, 0.05) is 24.0 Å². The van der Waals surface area contributed by atoms with Crippen molar-refractivity contribution in [3.8, 4) is 5.75 Å². The fourth-order valence-electron chi connectivity index (χ4n) is 0.461. The van der Waals surface area contributed by atoms with E-state index < -0.39 is 0 Å². The van der Waals surface area contributed by atoms with Crippen LogP contribution in [0.2, 0.25) is 0 Å². The molecule has 0 aliphatic heterocycles. The van der Waals surface area contributed by atoms with E-state index in [2.05, 4.69) is 4.98 Å². The Labute approximate surface area is 47.8 Å². The van der Waals surface area contributed by atoms with Crippen LogP contribution < -0.4 is 0 Å². The van der Waals surface area contributed by atoms with Crippen molar-refractivity contribution in [2.45, 2.75) is 6.92 Å². The summed E-state index contributed by atoms with van der Waals surface area (Å²) in [4.78, 5) is 3.75. The predicted octanol–water partition coefficient (Wildman–Crippen LogP) is 1.53. The number of rotatable bonds is 0. The molecule has 0 saturated heterocycles. The van der Waals surface area contributed by atoms with E-state index in [1.807, 2.05) is 0 Å². The van der Waals surface area contributed by atoms with Gasteiger partial charge in [-0.1, -0.05) is 0 Å². The van der Waals surface area contributed by atoms with Crippen LogP contribution in [0, 0.1) is 6.92 Å². The Morgan fingerprint density at radius 1 is 1.62 bits per heavy atom. The number of hydrogen-bond donors (Lipinski definition) is 0. The lowest BCUT2D eigenvalue weighted by atomic mass is 10.3. The summed E-state index contributed by atoms with van der Waals surface area (Å²) in [5, 5.41) is 10.6. The SMILES string of the molecule is Cc1cnccc1[O]. The van der Waals surface area contributed by atoms with Crippen molar-refractivity contribution in [1.82, 2.24) is 4.98 Å². The predicted molar refractivity (Wildman–Crippen MR) is 29.1 cm³/mol. The second kappa shape index (κ2) is 1.82. The van der Waals surface area contributed by atoms with Crippen molar-refractivity contribution in [1.29, 1.82) is 0 Å². The fourth-order valence-corrected chi connectivity index (χ4v) is 0.461. The molecular formula is C6H6NO. The third-order valence-electron chi connectivity index (χ3n) is 0.969. The van der Waals surface area contributed by atoms with Gasteiger partial charge in [-0.2, -0.15) is 0 Å². The van der Waals surface area contributed by atoms with E-state index in [9.17, 15) is 5.11 Å². The van der Waals surface area contributed by atoms with Crippen LogP contribution >= 0.6 is 0 Å². The second-order valence-corrected chi connectivity index (χ2v) is 1.64. The quantitative estimate of drug-likeness (QED) is 0.496. The number of aryl methyl sites for hydroxylation is 1. The van der Waals surface area contributed by atoms with E-state index in [1.54, 1.807) is 13.1 Å². The second-order valence-electron chi connectivity index (χ2n) is 1.64. The third-order valence-corrected chi connectivity index (χ3v) is 0.969. The lowest BCUT2D eigenvalue weighted by molar-refractivity contribution is 0.351. The minimum atomic E-state index is 0.0556. The summed E-state index contributed by atoms with van der Waals surface area (Å²) in [6.07, 6.45) is 3.05. The van der Waals surface area contributed by atoms with Gasteiger partial charge in [0.15, 0.2) is 5.75 Å². The van der Waals surface area contributed by atoms with Crippen molar-refractivity contribution in [2.24, 2.45) is 0 Å². The van der Waals surface area contributed by atoms with Crippen LogP contribution in [0.25, 0.3) is 0 Å². The first kappa shape index (κ1) is 5.09. The van der Waals surface area contributed by atoms with Crippen molar-refractivity contribution in [3.05, 3.63) is 24.0 Å². The highest BCUT2D eigenvalue weighted by molar-refractivity contribution is 5.25. The van der Waals surface area contributed by atoms with E-state index in [1.165, 1.54) is 12.3 Å². The molecule has 1 radical (unpaired) electrons. The maximum atomic E-state index is 10.6. The molecule has 0 atom stereocenters. The van der Waals surface area contributed by atoms with Gasteiger partial charge in [0.2, 0.25) is 0 Å². The Morgan fingerprint density at radius 3 is 2.75 bits per heavy atom. The normalized spacial score (nSPS) is 9.12. The van der Waals surface area contributed by atoms with Gasteiger partial charge in [-0.05, 0) is 6.92 Å².